The van der Waals surface area contributed by atoms with Crippen molar-refractivity contribution >= 4 is 6.09 Å². The molecule has 25 heavy (non-hydrogen) atoms. The minimum absolute atomic E-state index is 0.195. The molecule has 0 aliphatic carbocycles. The van der Waals surface area contributed by atoms with E-state index in [4.69, 9.17) is 9.47 Å². The smallest absolute Gasteiger partial charge is 0.410 e. The molecule has 1 aromatic rings. The van der Waals surface area contributed by atoms with E-state index in [-0.39, 0.29) is 6.09 Å². The van der Waals surface area contributed by atoms with Gasteiger partial charge in [-0.15, -0.1) is 0 Å². The Labute approximate surface area is 150 Å². The van der Waals surface area contributed by atoms with E-state index in [9.17, 15) is 4.79 Å². The largest absolute Gasteiger partial charge is 0.445 e. The number of likely N-dealkylation sites (tertiary alicyclic amines) is 1. The van der Waals surface area contributed by atoms with Gasteiger partial charge < -0.3 is 19.7 Å². The first-order valence-corrected chi connectivity index (χ1v) is 9.52. The van der Waals surface area contributed by atoms with E-state index in [0.717, 1.165) is 57.6 Å². The van der Waals surface area contributed by atoms with Crippen LogP contribution in [0.2, 0.25) is 0 Å². The fourth-order valence-electron chi connectivity index (χ4n) is 3.76. The van der Waals surface area contributed by atoms with Gasteiger partial charge in [0.15, 0.2) is 0 Å². The summed E-state index contributed by atoms with van der Waals surface area (Å²) in [5, 5.41) is 3.77. The van der Waals surface area contributed by atoms with Gasteiger partial charge in [-0.05, 0) is 44.1 Å². The molecule has 2 saturated heterocycles. The lowest BCUT2D eigenvalue weighted by molar-refractivity contribution is 0.0513. The van der Waals surface area contributed by atoms with Gasteiger partial charge in [-0.2, -0.15) is 0 Å². The minimum Gasteiger partial charge on any atom is -0.445 e. The van der Waals surface area contributed by atoms with Crippen LogP contribution in [-0.2, 0) is 16.1 Å². The molecule has 2 aliphatic heterocycles. The second kappa shape index (κ2) is 9.20. The fraction of sp³-hybridized carbons (Fsp3) is 0.650. The van der Waals surface area contributed by atoms with Gasteiger partial charge in [0.05, 0.1) is 0 Å². The topological polar surface area (TPSA) is 50.8 Å². The van der Waals surface area contributed by atoms with Crippen LogP contribution in [0.5, 0.6) is 0 Å². The molecule has 1 amide bonds. The van der Waals surface area contributed by atoms with Crippen molar-refractivity contribution in [3.05, 3.63) is 35.9 Å². The summed E-state index contributed by atoms with van der Waals surface area (Å²) in [6.45, 7) is 5.96. The van der Waals surface area contributed by atoms with Gasteiger partial charge in [0.25, 0.3) is 0 Å². The number of carbonyl (C=O) groups excluding carboxylic acids is 1. The van der Waals surface area contributed by atoms with Crippen LogP contribution >= 0.6 is 0 Å². The molecule has 0 aromatic heterocycles. The van der Waals surface area contributed by atoms with Crippen LogP contribution in [-0.4, -0.2) is 49.4 Å². The number of hydrogen-bond donors (Lipinski definition) is 1. The van der Waals surface area contributed by atoms with Crippen LogP contribution in [0.1, 0.15) is 38.2 Å². The Morgan fingerprint density at radius 2 is 1.88 bits per heavy atom. The van der Waals surface area contributed by atoms with Gasteiger partial charge in [-0.3, -0.25) is 0 Å². The lowest BCUT2D eigenvalue weighted by Crippen LogP contribution is -2.49. The van der Waals surface area contributed by atoms with Gasteiger partial charge >= 0.3 is 6.09 Å². The Morgan fingerprint density at radius 1 is 1.20 bits per heavy atom. The Balaban J connectivity index is 1.37. The number of nitrogens with zero attached hydrogens (tertiary/aromatic N) is 1. The van der Waals surface area contributed by atoms with Gasteiger partial charge in [0.1, 0.15) is 6.61 Å². The van der Waals surface area contributed by atoms with Crippen LogP contribution < -0.4 is 5.32 Å². The number of benzene rings is 1. The van der Waals surface area contributed by atoms with Gasteiger partial charge in [-0.25, -0.2) is 4.79 Å². The Kier molecular flexibility index (Phi) is 6.70. The molecule has 1 aromatic carbocycles. The predicted octanol–water partition coefficient (Wildman–Crippen LogP) is 3.19. The maximum atomic E-state index is 12.2. The summed E-state index contributed by atoms with van der Waals surface area (Å²) in [4.78, 5) is 14.1. The molecule has 2 heterocycles. The number of rotatable bonds is 5. The zero-order valence-electron chi connectivity index (χ0n) is 15.2. The fourth-order valence-corrected chi connectivity index (χ4v) is 3.76. The predicted molar refractivity (Wildman–Crippen MR) is 97.4 cm³/mol. The molecule has 0 saturated carbocycles. The number of amides is 1. The highest BCUT2D eigenvalue weighted by molar-refractivity contribution is 5.67. The average molecular weight is 346 g/mol. The van der Waals surface area contributed by atoms with E-state index in [0.29, 0.717) is 24.6 Å². The average Bonchev–Trinajstić information content (AvgIpc) is 2.68. The van der Waals surface area contributed by atoms with Crippen molar-refractivity contribution in [1.82, 2.24) is 10.2 Å². The first kappa shape index (κ1) is 18.2. The molecule has 3 rings (SSSR count). The van der Waals surface area contributed by atoms with Crippen LogP contribution in [0.25, 0.3) is 0 Å². The third-order valence-electron chi connectivity index (χ3n) is 5.43. The molecule has 1 unspecified atom stereocenters. The van der Waals surface area contributed by atoms with Crippen molar-refractivity contribution in [2.75, 3.05) is 26.3 Å². The summed E-state index contributed by atoms with van der Waals surface area (Å²) in [5.41, 5.74) is 1.03. The lowest BCUT2D eigenvalue weighted by atomic mass is 9.91. The van der Waals surface area contributed by atoms with E-state index in [2.05, 4.69) is 12.2 Å². The van der Waals surface area contributed by atoms with Crippen molar-refractivity contribution < 1.29 is 14.3 Å². The van der Waals surface area contributed by atoms with Gasteiger partial charge in [0, 0.05) is 38.4 Å². The second-order valence-electron chi connectivity index (χ2n) is 7.21. The molecule has 5 heteroatoms. The summed E-state index contributed by atoms with van der Waals surface area (Å²) in [5.74, 6) is 0.711. The molecular formula is C20H30N2O3. The second-order valence-corrected chi connectivity index (χ2v) is 7.21. The summed E-state index contributed by atoms with van der Waals surface area (Å²) in [7, 11) is 0. The summed E-state index contributed by atoms with van der Waals surface area (Å²) < 4.78 is 10.9. The zero-order chi connectivity index (χ0) is 17.5. The number of ether oxygens (including phenoxy) is 2. The van der Waals surface area contributed by atoms with Gasteiger partial charge in [-0.1, -0.05) is 30.3 Å². The highest BCUT2D eigenvalue weighted by Gasteiger charge is 2.27. The lowest BCUT2D eigenvalue weighted by Gasteiger charge is -2.36. The molecule has 0 spiro atoms. The summed E-state index contributed by atoms with van der Waals surface area (Å²) >= 11 is 0. The van der Waals surface area contributed by atoms with Crippen LogP contribution in [0.4, 0.5) is 4.79 Å². The molecule has 2 aliphatic rings. The summed E-state index contributed by atoms with van der Waals surface area (Å²) in [6.07, 6.45) is 4.10. The van der Waals surface area contributed by atoms with E-state index in [1.54, 1.807) is 0 Å². The quantitative estimate of drug-likeness (QED) is 0.890. The van der Waals surface area contributed by atoms with Crippen molar-refractivity contribution in [2.24, 2.45) is 5.92 Å². The Bertz CT molecular complexity index is 523. The van der Waals surface area contributed by atoms with Crippen molar-refractivity contribution in [2.45, 2.75) is 51.3 Å². The van der Waals surface area contributed by atoms with Crippen molar-refractivity contribution in [3.8, 4) is 0 Å². The molecule has 0 radical (unpaired) electrons. The van der Waals surface area contributed by atoms with Crippen LogP contribution in [0.3, 0.4) is 0 Å². The number of piperidine rings is 1. The van der Waals surface area contributed by atoms with E-state index >= 15 is 0 Å². The molecule has 1 N–H and O–H groups in total. The normalized spacial score (nSPS) is 21.1. The highest BCUT2D eigenvalue weighted by atomic mass is 16.6. The number of nitrogens with one attached hydrogen (secondary N) is 1. The summed E-state index contributed by atoms with van der Waals surface area (Å²) in [6, 6.07) is 10.8. The Hall–Kier alpha value is -1.59. The molecule has 138 valence electrons. The first-order chi connectivity index (χ1) is 12.2. The molecule has 5 nitrogen and oxygen atoms in total. The first-order valence-electron chi connectivity index (χ1n) is 9.52. The van der Waals surface area contributed by atoms with E-state index in [1.807, 2.05) is 35.2 Å². The molecule has 1 atom stereocenters. The monoisotopic (exact) mass is 346 g/mol. The maximum absolute atomic E-state index is 12.2. The molecule has 0 bridgehead atoms. The molecular weight excluding hydrogens is 316 g/mol. The maximum Gasteiger partial charge on any atom is 0.410 e. The van der Waals surface area contributed by atoms with Crippen LogP contribution in [0.15, 0.2) is 30.3 Å². The standard InChI is InChI=1S/C20H30N2O3/c1-16(18-9-13-24-14-10-18)21-19-7-11-22(12-8-19)20(23)25-15-17-5-3-2-4-6-17/h2-6,16,18-19,21H,7-15H2,1H3. The third kappa shape index (κ3) is 5.44. The Morgan fingerprint density at radius 3 is 2.56 bits per heavy atom. The zero-order valence-corrected chi connectivity index (χ0v) is 15.2. The third-order valence-corrected chi connectivity index (χ3v) is 5.43. The van der Waals surface area contributed by atoms with Gasteiger partial charge in [0.2, 0.25) is 0 Å². The number of hydrogen-bond acceptors (Lipinski definition) is 4. The van der Waals surface area contributed by atoms with E-state index in [1.165, 1.54) is 0 Å². The minimum atomic E-state index is -0.195. The van der Waals surface area contributed by atoms with E-state index < -0.39 is 0 Å². The van der Waals surface area contributed by atoms with Crippen molar-refractivity contribution in [3.63, 3.8) is 0 Å². The number of carbonyl (C=O) groups is 1. The van der Waals surface area contributed by atoms with Crippen LogP contribution in [0, 0.1) is 5.92 Å². The highest BCUT2D eigenvalue weighted by Crippen LogP contribution is 2.21. The SMILES string of the molecule is CC(NC1CCN(C(=O)OCc2ccccc2)CC1)C1CCOCC1. The molecule has 2 fully saturated rings. The van der Waals surface area contributed by atoms with Crippen molar-refractivity contribution in [1.29, 1.82) is 0 Å².